The molecule has 0 spiro atoms. The Labute approximate surface area is 131 Å². The fraction of sp³-hybridized carbons (Fsp3) is 0.188. The summed E-state index contributed by atoms with van der Waals surface area (Å²) in [6.45, 7) is 1.74. The van der Waals surface area contributed by atoms with Crippen molar-refractivity contribution in [3.8, 4) is 22.9 Å². The number of aromatic nitrogens is 3. The number of hydrogen-bond donors (Lipinski definition) is 1. The van der Waals surface area contributed by atoms with Crippen LogP contribution in [-0.4, -0.2) is 32.4 Å². The topological polar surface area (TPSA) is 83.4 Å². The molecule has 0 fully saturated rings. The van der Waals surface area contributed by atoms with E-state index in [1.165, 1.54) is 23.0 Å². The molecule has 0 aliphatic heterocycles. The summed E-state index contributed by atoms with van der Waals surface area (Å²) in [5, 5.41) is 22.7. The predicted octanol–water partition coefficient (Wildman–Crippen LogP) is 2.17. The van der Waals surface area contributed by atoms with Gasteiger partial charge in [-0.15, -0.1) is 0 Å². The molecule has 1 atom stereocenters. The van der Waals surface area contributed by atoms with Crippen molar-refractivity contribution in [2.45, 2.75) is 13.0 Å². The average molecular weight is 312 g/mol. The minimum atomic E-state index is -0.617. The zero-order valence-corrected chi connectivity index (χ0v) is 12.3. The molecule has 0 aromatic carbocycles. The van der Waals surface area contributed by atoms with Crippen molar-refractivity contribution in [3.63, 3.8) is 0 Å². The molecule has 0 bridgehead atoms. The van der Waals surface area contributed by atoms with Crippen LogP contribution in [0, 0.1) is 17.3 Å². The molecule has 6 nitrogen and oxygen atoms in total. The van der Waals surface area contributed by atoms with E-state index in [0.29, 0.717) is 28.0 Å². The van der Waals surface area contributed by atoms with Crippen molar-refractivity contribution in [3.05, 3.63) is 48.3 Å². The summed E-state index contributed by atoms with van der Waals surface area (Å²) in [6, 6.07) is 6.62. The number of hydrogen-bond acceptors (Lipinski definition) is 5. The lowest BCUT2D eigenvalue weighted by molar-refractivity contribution is 0.122. The molecule has 0 aliphatic rings. The van der Waals surface area contributed by atoms with Gasteiger partial charge in [-0.2, -0.15) is 14.8 Å². The van der Waals surface area contributed by atoms with Gasteiger partial charge in [0.25, 0.3) is 0 Å². The third-order valence-electron chi connectivity index (χ3n) is 3.24. The predicted molar refractivity (Wildman–Crippen MR) is 80.3 cm³/mol. The van der Waals surface area contributed by atoms with E-state index in [-0.39, 0.29) is 6.61 Å². The lowest BCUT2D eigenvalue weighted by atomic mass is 10.1. The Hall–Kier alpha value is -2.98. The molecule has 3 aromatic rings. The van der Waals surface area contributed by atoms with E-state index in [2.05, 4.69) is 16.2 Å². The van der Waals surface area contributed by atoms with Crippen LogP contribution in [-0.2, 0) is 0 Å². The lowest BCUT2D eigenvalue weighted by Crippen LogP contribution is -2.13. The molecule has 23 heavy (non-hydrogen) atoms. The molecular formula is C16H13FN4O2. The van der Waals surface area contributed by atoms with Crippen LogP contribution in [0.5, 0.6) is 5.75 Å². The van der Waals surface area contributed by atoms with Gasteiger partial charge in [-0.25, -0.2) is 9.50 Å². The average Bonchev–Trinajstić information content (AvgIpc) is 2.96. The van der Waals surface area contributed by atoms with Crippen molar-refractivity contribution < 1.29 is 14.2 Å². The second-order valence-corrected chi connectivity index (χ2v) is 5.08. The molecule has 0 radical (unpaired) electrons. The van der Waals surface area contributed by atoms with Crippen molar-refractivity contribution in [1.29, 1.82) is 5.26 Å². The van der Waals surface area contributed by atoms with Gasteiger partial charge in [0.1, 0.15) is 18.4 Å². The molecule has 116 valence electrons. The zero-order valence-electron chi connectivity index (χ0n) is 12.3. The Kier molecular flexibility index (Phi) is 3.91. The number of fused-ring (bicyclic) bond motifs is 1. The molecule has 3 heterocycles. The van der Waals surface area contributed by atoms with Crippen molar-refractivity contribution in [2.75, 3.05) is 6.61 Å². The quantitative estimate of drug-likeness (QED) is 0.746. The number of aliphatic hydroxyl groups is 1. The fourth-order valence-corrected chi connectivity index (χ4v) is 2.23. The van der Waals surface area contributed by atoms with Gasteiger partial charge in [0, 0.05) is 17.3 Å². The van der Waals surface area contributed by atoms with Gasteiger partial charge in [0.15, 0.2) is 0 Å². The SMILES string of the molecule is C[C@H](O)COc1cc(-c2ccc(F)nc2)c2c(C#N)cnn2c1. The Bertz CT molecular complexity index is 881. The molecule has 7 heteroatoms. The molecular weight excluding hydrogens is 299 g/mol. The third kappa shape index (κ3) is 2.98. The first-order valence-corrected chi connectivity index (χ1v) is 6.93. The number of rotatable bonds is 4. The van der Waals surface area contributed by atoms with Crippen LogP contribution in [0.25, 0.3) is 16.6 Å². The molecule has 0 saturated heterocycles. The first-order chi connectivity index (χ1) is 11.1. The molecule has 0 aliphatic carbocycles. The number of ether oxygens (including phenoxy) is 1. The summed E-state index contributed by atoms with van der Waals surface area (Å²) in [6.07, 6.45) is 3.85. The minimum Gasteiger partial charge on any atom is -0.489 e. The van der Waals surface area contributed by atoms with Gasteiger partial charge < -0.3 is 9.84 Å². The Morgan fingerprint density at radius 2 is 2.26 bits per heavy atom. The van der Waals surface area contributed by atoms with Crippen molar-refractivity contribution >= 4 is 5.52 Å². The van der Waals surface area contributed by atoms with Gasteiger partial charge in [0.2, 0.25) is 5.95 Å². The van der Waals surface area contributed by atoms with Crippen LogP contribution in [0.1, 0.15) is 12.5 Å². The van der Waals surface area contributed by atoms with Crippen LogP contribution in [0.15, 0.2) is 36.8 Å². The Balaban J connectivity index is 2.17. The fourth-order valence-electron chi connectivity index (χ4n) is 2.23. The summed E-state index contributed by atoms with van der Waals surface area (Å²) < 4.78 is 20.1. The molecule has 1 N–H and O–H groups in total. The number of halogens is 1. The Morgan fingerprint density at radius 1 is 1.43 bits per heavy atom. The maximum Gasteiger partial charge on any atom is 0.212 e. The van der Waals surface area contributed by atoms with Crippen LogP contribution in [0.3, 0.4) is 0 Å². The monoisotopic (exact) mass is 312 g/mol. The highest BCUT2D eigenvalue weighted by atomic mass is 19.1. The van der Waals surface area contributed by atoms with Gasteiger partial charge in [-0.1, -0.05) is 0 Å². The van der Waals surface area contributed by atoms with E-state index in [0.717, 1.165) is 0 Å². The van der Waals surface area contributed by atoms with Gasteiger partial charge >= 0.3 is 0 Å². The molecule has 3 aromatic heterocycles. The number of aliphatic hydroxyl groups excluding tert-OH is 1. The summed E-state index contributed by atoms with van der Waals surface area (Å²) in [7, 11) is 0. The van der Waals surface area contributed by atoms with E-state index in [1.807, 2.05) is 0 Å². The molecule has 3 rings (SSSR count). The van der Waals surface area contributed by atoms with Gasteiger partial charge in [-0.05, 0) is 25.1 Å². The van der Waals surface area contributed by atoms with E-state index in [1.54, 1.807) is 25.3 Å². The van der Waals surface area contributed by atoms with Crippen LogP contribution in [0.2, 0.25) is 0 Å². The third-order valence-corrected chi connectivity index (χ3v) is 3.24. The maximum absolute atomic E-state index is 13.1. The first-order valence-electron chi connectivity index (χ1n) is 6.93. The smallest absolute Gasteiger partial charge is 0.212 e. The molecule has 0 unspecified atom stereocenters. The van der Waals surface area contributed by atoms with E-state index < -0.39 is 12.1 Å². The highest BCUT2D eigenvalue weighted by Crippen LogP contribution is 2.30. The molecule has 0 saturated carbocycles. The van der Waals surface area contributed by atoms with Crippen molar-refractivity contribution in [1.82, 2.24) is 14.6 Å². The van der Waals surface area contributed by atoms with Crippen LogP contribution in [0.4, 0.5) is 4.39 Å². The number of nitriles is 1. The second kappa shape index (κ2) is 6.02. The summed E-state index contributed by atoms with van der Waals surface area (Å²) in [4.78, 5) is 3.65. The maximum atomic E-state index is 13.1. The standard InChI is InChI=1S/C16H13FN4O2/c1-10(22)9-23-13-4-14(11-2-3-15(17)19-6-11)16-12(5-18)7-20-21(16)8-13/h2-4,6-8,10,22H,9H2,1H3/t10-/m0/s1. The van der Waals surface area contributed by atoms with E-state index in [9.17, 15) is 14.8 Å². The Morgan fingerprint density at radius 3 is 2.91 bits per heavy atom. The van der Waals surface area contributed by atoms with Crippen LogP contribution < -0.4 is 4.74 Å². The number of pyridine rings is 2. The normalized spacial score (nSPS) is 12.1. The zero-order chi connectivity index (χ0) is 16.4. The lowest BCUT2D eigenvalue weighted by Gasteiger charge is -2.11. The summed E-state index contributed by atoms with van der Waals surface area (Å²) >= 11 is 0. The van der Waals surface area contributed by atoms with E-state index in [4.69, 9.17) is 4.74 Å². The second-order valence-electron chi connectivity index (χ2n) is 5.08. The van der Waals surface area contributed by atoms with Crippen molar-refractivity contribution in [2.24, 2.45) is 0 Å². The highest BCUT2D eigenvalue weighted by molar-refractivity contribution is 5.84. The number of nitrogens with zero attached hydrogens (tertiary/aromatic N) is 4. The van der Waals surface area contributed by atoms with Gasteiger partial charge in [0.05, 0.1) is 29.6 Å². The minimum absolute atomic E-state index is 0.124. The van der Waals surface area contributed by atoms with E-state index >= 15 is 0 Å². The first kappa shape index (κ1) is 14.9. The summed E-state index contributed by atoms with van der Waals surface area (Å²) in [5.41, 5.74) is 2.27. The highest BCUT2D eigenvalue weighted by Gasteiger charge is 2.14. The molecule has 0 amide bonds. The van der Waals surface area contributed by atoms with Crippen LogP contribution >= 0.6 is 0 Å². The largest absolute Gasteiger partial charge is 0.489 e. The van der Waals surface area contributed by atoms with Gasteiger partial charge in [-0.3, -0.25) is 0 Å². The summed E-state index contributed by atoms with van der Waals surface area (Å²) in [5.74, 6) is -0.106.